The van der Waals surface area contributed by atoms with Gasteiger partial charge in [-0.1, -0.05) is 6.07 Å². The Bertz CT molecular complexity index is 963. The third kappa shape index (κ3) is 4.85. The molecule has 2 saturated heterocycles. The van der Waals surface area contributed by atoms with E-state index < -0.39 is 0 Å². The Kier molecular flexibility index (Phi) is 7.19. The number of aromatic amines is 1. The predicted molar refractivity (Wildman–Crippen MR) is 124 cm³/mol. The van der Waals surface area contributed by atoms with E-state index in [0.29, 0.717) is 17.4 Å². The summed E-state index contributed by atoms with van der Waals surface area (Å²) in [4.78, 5) is 24.8. The Morgan fingerprint density at radius 2 is 1.69 bits per heavy atom. The first-order valence-corrected chi connectivity index (χ1v) is 11.5. The van der Waals surface area contributed by atoms with Crippen molar-refractivity contribution in [1.29, 1.82) is 0 Å². The van der Waals surface area contributed by atoms with Crippen LogP contribution in [-0.2, 0) is 6.54 Å². The molecule has 0 amide bonds. The van der Waals surface area contributed by atoms with E-state index in [0.717, 1.165) is 81.4 Å². The van der Waals surface area contributed by atoms with Crippen LogP contribution in [0.3, 0.4) is 0 Å². The molecule has 2 aromatic rings. The normalized spacial score (nSPS) is 17.9. The molecule has 0 radical (unpaired) electrons. The summed E-state index contributed by atoms with van der Waals surface area (Å²) in [6.07, 6.45) is 5.53. The van der Waals surface area contributed by atoms with Crippen LogP contribution in [0.25, 0.3) is 0 Å². The molecule has 0 bridgehead atoms. The minimum absolute atomic E-state index is 0.0481. The third-order valence-corrected chi connectivity index (χ3v) is 6.59. The molecule has 32 heavy (non-hydrogen) atoms. The Labute approximate surface area is 189 Å². The van der Waals surface area contributed by atoms with Crippen LogP contribution < -0.4 is 24.7 Å². The Morgan fingerprint density at radius 1 is 0.969 bits per heavy atom. The van der Waals surface area contributed by atoms with Gasteiger partial charge >= 0.3 is 0 Å². The van der Waals surface area contributed by atoms with Crippen molar-refractivity contribution >= 4 is 5.95 Å². The average Bonchev–Trinajstić information content (AvgIpc) is 2.84. The summed E-state index contributed by atoms with van der Waals surface area (Å²) in [7, 11) is 4.91. The minimum atomic E-state index is -0.0481. The summed E-state index contributed by atoms with van der Waals surface area (Å²) in [6, 6.07) is 5.65. The molecular formula is C24H34N4O4. The maximum Gasteiger partial charge on any atom is 0.252 e. The summed E-state index contributed by atoms with van der Waals surface area (Å²) in [5, 5.41) is 0. The van der Waals surface area contributed by atoms with E-state index in [4.69, 9.17) is 19.2 Å². The number of likely N-dealkylation sites (tertiary alicyclic amines) is 1. The highest BCUT2D eigenvalue weighted by Gasteiger charge is 2.25. The highest BCUT2D eigenvalue weighted by molar-refractivity contribution is 5.55. The standard InChI is InChI=1S/C24H34N4O4/c1-30-20-8-7-18(22(31-2)23(20)32-3)16-27-13-9-17(10-14-27)19-15-21(29)26-24(25-19)28-11-5-4-6-12-28/h7-8,15,17H,4-6,9-14,16H2,1-3H3,(H,25,26,29). The Balaban J connectivity index is 1.43. The van der Waals surface area contributed by atoms with Crippen molar-refractivity contribution in [2.75, 3.05) is 52.4 Å². The van der Waals surface area contributed by atoms with Gasteiger partial charge in [0.15, 0.2) is 11.5 Å². The quantitative estimate of drug-likeness (QED) is 0.705. The minimum Gasteiger partial charge on any atom is -0.493 e. The van der Waals surface area contributed by atoms with Crippen LogP contribution in [0.1, 0.15) is 49.3 Å². The summed E-state index contributed by atoms with van der Waals surface area (Å²) < 4.78 is 16.6. The van der Waals surface area contributed by atoms with Gasteiger partial charge in [0.1, 0.15) is 0 Å². The van der Waals surface area contributed by atoms with Gasteiger partial charge in [-0.25, -0.2) is 4.98 Å². The third-order valence-electron chi connectivity index (χ3n) is 6.59. The van der Waals surface area contributed by atoms with Crippen LogP contribution in [0.5, 0.6) is 17.2 Å². The van der Waals surface area contributed by atoms with Gasteiger partial charge in [0.25, 0.3) is 5.56 Å². The lowest BCUT2D eigenvalue weighted by Crippen LogP contribution is -2.35. The van der Waals surface area contributed by atoms with Crippen LogP contribution in [0.2, 0.25) is 0 Å². The van der Waals surface area contributed by atoms with Gasteiger partial charge in [0.05, 0.1) is 27.0 Å². The molecule has 0 unspecified atom stereocenters. The fourth-order valence-corrected chi connectivity index (χ4v) is 4.84. The number of ether oxygens (including phenoxy) is 3. The lowest BCUT2D eigenvalue weighted by molar-refractivity contribution is 0.200. The molecule has 4 rings (SSSR count). The molecule has 8 heteroatoms. The molecule has 3 heterocycles. The van der Waals surface area contributed by atoms with E-state index in [9.17, 15) is 4.79 Å². The first kappa shape index (κ1) is 22.5. The zero-order chi connectivity index (χ0) is 22.5. The Morgan fingerprint density at radius 3 is 2.34 bits per heavy atom. The number of aromatic nitrogens is 2. The first-order valence-electron chi connectivity index (χ1n) is 11.5. The fourth-order valence-electron chi connectivity index (χ4n) is 4.84. The SMILES string of the molecule is COc1ccc(CN2CCC(c3cc(=O)[nH]c(N4CCCCC4)n3)CC2)c(OC)c1OC. The maximum absolute atomic E-state index is 12.3. The molecule has 1 aromatic heterocycles. The molecule has 0 saturated carbocycles. The predicted octanol–water partition coefficient (Wildman–Crippen LogP) is 3.17. The van der Waals surface area contributed by atoms with E-state index in [2.05, 4.69) is 14.8 Å². The van der Waals surface area contributed by atoms with E-state index >= 15 is 0 Å². The molecule has 0 aliphatic carbocycles. The van der Waals surface area contributed by atoms with Gasteiger partial charge in [-0.15, -0.1) is 0 Å². The molecule has 2 aliphatic rings. The molecule has 8 nitrogen and oxygen atoms in total. The maximum atomic E-state index is 12.3. The van der Waals surface area contributed by atoms with E-state index in [1.54, 1.807) is 27.4 Å². The fraction of sp³-hybridized carbons (Fsp3) is 0.583. The van der Waals surface area contributed by atoms with Crippen molar-refractivity contribution in [3.8, 4) is 17.2 Å². The zero-order valence-electron chi connectivity index (χ0n) is 19.4. The van der Waals surface area contributed by atoms with Crippen molar-refractivity contribution in [3.63, 3.8) is 0 Å². The van der Waals surface area contributed by atoms with Gasteiger partial charge in [0.2, 0.25) is 11.7 Å². The number of methoxy groups -OCH3 is 3. The number of anilines is 1. The number of hydrogen-bond donors (Lipinski definition) is 1. The smallest absolute Gasteiger partial charge is 0.252 e. The van der Waals surface area contributed by atoms with E-state index in [1.807, 2.05) is 12.1 Å². The second-order valence-electron chi connectivity index (χ2n) is 8.59. The van der Waals surface area contributed by atoms with Crippen LogP contribution >= 0.6 is 0 Å². The van der Waals surface area contributed by atoms with Crippen molar-refractivity contribution in [1.82, 2.24) is 14.9 Å². The molecule has 0 atom stereocenters. The number of nitrogens with one attached hydrogen (secondary N) is 1. The lowest BCUT2D eigenvalue weighted by atomic mass is 9.93. The van der Waals surface area contributed by atoms with Crippen molar-refractivity contribution in [2.24, 2.45) is 0 Å². The number of rotatable bonds is 7. The van der Waals surface area contributed by atoms with Gasteiger partial charge in [-0.3, -0.25) is 14.7 Å². The molecule has 174 valence electrons. The van der Waals surface area contributed by atoms with Gasteiger partial charge in [-0.05, 0) is 51.3 Å². The summed E-state index contributed by atoms with van der Waals surface area (Å²) >= 11 is 0. The van der Waals surface area contributed by atoms with E-state index in [-0.39, 0.29) is 5.56 Å². The molecular weight excluding hydrogens is 408 g/mol. The van der Waals surface area contributed by atoms with Crippen LogP contribution in [0.15, 0.2) is 23.0 Å². The highest BCUT2D eigenvalue weighted by Crippen LogP contribution is 2.40. The molecule has 2 fully saturated rings. The zero-order valence-corrected chi connectivity index (χ0v) is 19.4. The van der Waals surface area contributed by atoms with Crippen LogP contribution in [0, 0.1) is 0 Å². The van der Waals surface area contributed by atoms with Gasteiger partial charge < -0.3 is 19.1 Å². The molecule has 1 aromatic carbocycles. The number of piperidine rings is 2. The van der Waals surface area contributed by atoms with Crippen molar-refractivity contribution in [2.45, 2.75) is 44.6 Å². The second-order valence-corrected chi connectivity index (χ2v) is 8.59. The van der Waals surface area contributed by atoms with E-state index in [1.165, 1.54) is 6.42 Å². The number of benzene rings is 1. The number of hydrogen-bond acceptors (Lipinski definition) is 7. The monoisotopic (exact) mass is 442 g/mol. The summed E-state index contributed by atoms with van der Waals surface area (Å²) in [6.45, 7) is 4.60. The average molecular weight is 443 g/mol. The first-order chi connectivity index (χ1) is 15.6. The second kappa shape index (κ2) is 10.3. The number of nitrogens with zero attached hydrogens (tertiary/aromatic N) is 3. The molecule has 2 aliphatic heterocycles. The summed E-state index contributed by atoms with van der Waals surface area (Å²) in [5.41, 5.74) is 1.95. The van der Waals surface area contributed by atoms with Crippen LogP contribution in [0.4, 0.5) is 5.95 Å². The van der Waals surface area contributed by atoms with Crippen molar-refractivity contribution < 1.29 is 14.2 Å². The lowest BCUT2D eigenvalue weighted by Gasteiger charge is -2.33. The highest BCUT2D eigenvalue weighted by atomic mass is 16.5. The summed E-state index contributed by atoms with van der Waals surface area (Å²) in [5.74, 6) is 3.06. The van der Waals surface area contributed by atoms with Gasteiger partial charge in [-0.2, -0.15) is 0 Å². The topological polar surface area (TPSA) is 79.9 Å². The largest absolute Gasteiger partial charge is 0.493 e. The molecule has 0 spiro atoms. The number of H-pyrrole nitrogens is 1. The van der Waals surface area contributed by atoms with Crippen molar-refractivity contribution in [3.05, 3.63) is 39.8 Å². The van der Waals surface area contributed by atoms with Gasteiger partial charge in [0, 0.05) is 37.2 Å². The Hall–Kier alpha value is -2.74. The molecule has 1 N–H and O–H groups in total. The van der Waals surface area contributed by atoms with Crippen LogP contribution in [-0.4, -0.2) is 62.4 Å².